The van der Waals surface area contributed by atoms with Crippen molar-refractivity contribution in [1.29, 1.82) is 0 Å². The number of rotatable bonds is 5. The summed E-state index contributed by atoms with van der Waals surface area (Å²) in [5, 5.41) is 6.54. The van der Waals surface area contributed by atoms with Crippen LogP contribution in [0.4, 0.5) is 0 Å². The molecule has 1 aromatic heterocycles. The molecule has 0 radical (unpaired) electrons. The number of halogens is 1. The molecular weight excluding hydrogens is 328 g/mol. The highest BCUT2D eigenvalue weighted by Crippen LogP contribution is 2.24. The molecule has 102 valence electrons. The van der Waals surface area contributed by atoms with Crippen LogP contribution < -0.4 is 10.2 Å². The molecule has 1 heterocycles. The first-order valence-electron chi connectivity index (χ1n) is 5.87. The summed E-state index contributed by atoms with van der Waals surface area (Å²) in [5.41, 5.74) is 4.22. The van der Waals surface area contributed by atoms with Gasteiger partial charge in [-0.1, -0.05) is 15.9 Å². The molecule has 19 heavy (non-hydrogen) atoms. The number of hydrogen-bond acceptors (Lipinski definition) is 4. The normalized spacial score (nSPS) is 10.7. The third kappa shape index (κ3) is 3.81. The Morgan fingerprint density at radius 2 is 2.32 bits per heavy atom. The summed E-state index contributed by atoms with van der Waals surface area (Å²) >= 11 is 8.54. The van der Waals surface area contributed by atoms with Crippen molar-refractivity contribution >= 4 is 28.1 Å². The minimum absolute atomic E-state index is 0.135. The van der Waals surface area contributed by atoms with Gasteiger partial charge in [-0.3, -0.25) is 5.10 Å². The third-order valence-corrected chi connectivity index (χ3v) is 3.16. The molecule has 0 atom stereocenters. The molecule has 2 rings (SSSR count). The molecule has 0 amide bonds. The molecule has 0 saturated heterocycles. The third-order valence-electron chi connectivity index (χ3n) is 2.38. The monoisotopic (exact) mass is 342 g/mol. The van der Waals surface area contributed by atoms with E-state index < -0.39 is 0 Å². The van der Waals surface area contributed by atoms with E-state index in [0.717, 1.165) is 15.8 Å². The van der Waals surface area contributed by atoms with Gasteiger partial charge in [-0.25, -0.2) is 4.68 Å². The fourth-order valence-corrected chi connectivity index (χ4v) is 2.16. The second-order valence-corrected chi connectivity index (χ2v) is 5.59. The maximum Gasteiger partial charge on any atom is 0.214 e. The number of aromatic nitrogens is 3. The molecule has 7 heteroatoms. The summed E-state index contributed by atoms with van der Waals surface area (Å²) in [5.74, 6) is 0.862. The lowest BCUT2D eigenvalue weighted by Gasteiger charge is -2.15. The number of aromatic amines is 1. The first kappa shape index (κ1) is 14.1. The van der Waals surface area contributed by atoms with Crippen LogP contribution >= 0.6 is 28.1 Å². The van der Waals surface area contributed by atoms with Gasteiger partial charge in [0.15, 0.2) is 0 Å². The van der Waals surface area contributed by atoms with Gasteiger partial charge in [-0.15, -0.1) is 0 Å². The molecule has 0 aliphatic carbocycles. The fourth-order valence-electron chi connectivity index (χ4n) is 1.59. The lowest BCUT2D eigenvalue weighted by Crippen LogP contribution is -2.15. The van der Waals surface area contributed by atoms with Crippen LogP contribution in [0.25, 0.3) is 0 Å². The quantitative estimate of drug-likeness (QED) is 0.819. The van der Waals surface area contributed by atoms with E-state index in [2.05, 4.69) is 31.6 Å². The van der Waals surface area contributed by atoms with E-state index in [1.165, 1.54) is 0 Å². The van der Waals surface area contributed by atoms with E-state index in [1.54, 1.807) is 11.0 Å². The highest BCUT2D eigenvalue weighted by Gasteiger charge is 2.07. The van der Waals surface area contributed by atoms with Gasteiger partial charge in [-0.2, -0.15) is 5.10 Å². The Labute approximate surface area is 125 Å². The molecule has 0 bridgehead atoms. The molecule has 0 saturated carbocycles. The Morgan fingerprint density at radius 1 is 1.53 bits per heavy atom. The first-order chi connectivity index (χ1) is 9.06. The van der Waals surface area contributed by atoms with Crippen molar-refractivity contribution in [3.05, 3.63) is 39.3 Å². The standard InChI is InChI=1S/C12H15BrN4OS/c1-8(2)18-11-4-3-10(13)5-9(11)6-15-17-7-14-16-12(17)19/h3-5,7-8,15H,6H2,1-2H3,(H,16,19). The van der Waals surface area contributed by atoms with Crippen molar-refractivity contribution in [3.63, 3.8) is 0 Å². The number of ether oxygens (including phenoxy) is 1. The summed E-state index contributed by atoms with van der Waals surface area (Å²) in [6.45, 7) is 4.60. The lowest BCUT2D eigenvalue weighted by atomic mass is 10.2. The second kappa shape index (κ2) is 6.21. The van der Waals surface area contributed by atoms with Crippen molar-refractivity contribution < 1.29 is 4.74 Å². The predicted molar refractivity (Wildman–Crippen MR) is 80.4 cm³/mol. The summed E-state index contributed by atoms with van der Waals surface area (Å²) < 4.78 is 8.98. The highest BCUT2D eigenvalue weighted by atomic mass is 79.9. The molecule has 0 fully saturated rings. The van der Waals surface area contributed by atoms with E-state index >= 15 is 0 Å². The largest absolute Gasteiger partial charge is 0.491 e. The van der Waals surface area contributed by atoms with E-state index in [4.69, 9.17) is 17.0 Å². The highest BCUT2D eigenvalue weighted by molar-refractivity contribution is 9.10. The lowest BCUT2D eigenvalue weighted by molar-refractivity contribution is 0.240. The van der Waals surface area contributed by atoms with Crippen molar-refractivity contribution in [2.45, 2.75) is 26.5 Å². The molecule has 0 spiro atoms. The van der Waals surface area contributed by atoms with Gasteiger partial charge >= 0.3 is 0 Å². The summed E-state index contributed by atoms with van der Waals surface area (Å²) in [6.07, 6.45) is 1.74. The second-order valence-electron chi connectivity index (χ2n) is 4.29. The van der Waals surface area contributed by atoms with Gasteiger partial charge in [-0.05, 0) is 44.3 Å². The van der Waals surface area contributed by atoms with Crippen molar-refractivity contribution in [2.24, 2.45) is 0 Å². The Kier molecular flexibility index (Phi) is 4.60. The fraction of sp³-hybridized carbons (Fsp3) is 0.333. The Hall–Kier alpha value is -1.34. The molecular formula is C12H15BrN4OS. The van der Waals surface area contributed by atoms with E-state index in [1.807, 2.05) is 32.0 Å². The minimum Gasteiger partial charge on any atom is -0.491 e. The van der Waals surface area contributed by atoms with Crippen LogP contribution in [0.5, 0.6) is 5.75 Å². The van der Waals surface area contributed by atoms with Gasteiger partial charge in [0, 0.05) is 10.0 Å². The number of H-pyrrole nitrogens is 1. The smallest absolute Gasteiger partial charge is 0.214 e. The van der Waals surface area contributed by atoms with E-state index in [-0.39, 0.29) is 6.10 Å². The molecule has 5 nitrogen and oxygen atoms in total. The molecule has 2 aromatic rings. The van der Waals surface area contributed by atoms with Gasteiger partial charge in [0.2, 0.25) is 4.77 Å². The number of nitrogens with zero attached hydrogens (tertiary/aromatic N) is 2. The summed E-state index contributed by atoms with van der Waals surface area (Å²) in [6, 6.07) is 5.94. The van der Waals surface area contributed by atoms with Gasteiger partial charge in [0.25, 0.3) is 0 Å². The zero-order valence-corrected chi connectivity index (χ0v) is 13.1. The summed E-state index contributed by atoms with van der Waals surface area (Å²) in [7, 11) is 0. The molecule has 1 aromatic carbocycles. The summed E-state index contributed by atoms with van der Waals surface area (Å²) in [4.78, 5) is 0. The molecule has 2 N–H and O–H groups in total. The minimum atomic E-state index is 0.135. The first-order valence-corrected chi connectivity index (χ1v) is 7.07. The van der Waals surface area contributed by atoms with Crippen LogP contribution in [0.15, 0.2) is 29.0 Å². The van der Waals surface area contributed by atoms with E-state index in [9.17, 15) is 0 Å². The zero-order valence-electron chi connectivity index (χ0n) is 10.7. The van der Waals surface area contributed by atoms with Gasteiger partial charge in [0.1, 0.15) is 12.1 Å². The van der Waals surface area contributed by atoms with Crippen LogP contribution in [-0.2, 0) is 6.54 Å². The number of benzene rings is 1. The Balaban J connectivity index is 2.16. The zero-order chi connectivity index (χ0) is 13.8. The van der Waals surface area contributed by atoms with Crippen LogP contribution in [0.3, 0.4) is 0 Å². The van der Waals surface area contributed by atoms with E-state index in [0.29, 0.717) is 11.3 Å². The van der Waals surface area contributed by atoms with Crippen LogP contribution in [-0.4, -0.2) is 21.0 Å². The van der Waals surface area contributed by atoms with Crippen LogP contribution in [0, 0.1) is 4.77 Å². The SMILES string of the molecule is CC(C)Oc1ccc(Br)cc1CNn1cn[nH]c1=S. The predicted octanol–water partition coefficient (Wildman–Crippen LogP) is 3.23. The maximum atomic E-state index is 5.78. The van der Waals surface area contributed by atoms with Gasteiger partial charge in [0.05, 0.1) is 12.6 Å². The maximum absolute atomic E-state index is 5.78. The number of hydrogen-bond donors (Lipinski definition) is 2. The topological polar surface area (TPSA) is 54.9 Å². The Morgan fingerprint density at radius 3 is 2.95 bits per heavy atom. The van der Waals surface area contributed by atoms with Crippen LogP contribution in [0.2, 0.25) is 0 Å². The Bertz CT molecular complexity index is 608. The number of nitrogens with one attached hydrogen (secondary N) is 2. The average Bonchev–Trinajstić information content (AvgIpc) is 2.75. The molecule has 0 unspecified atom stereocenters. The van der Waals surface area contributed by atoms with Crippen molar-refractivity contribution in [2.75, 3.05) is 5.43 Å². The van der Waals surface area contributed by atoms with Gasteiger partial charge < -0.3 is 10.2 Å². The molecule has 0 aliphatic rings. The van der Waals surface area contributed by atoms with Crippen LogP contribution in [0.1, 0.15) is 19.4 Å². The van der Waals surface area contributed by atoms with Crippen molar-refractivity contribution in [3.8, 4) is 5.75 Å². The molecule has 0 aliphatic heterocycles. The average molecular weight is 343 g/mol. The van der Waals surface area contributed by atoms with Crippen molar-refractivity contribution in [1.82, 2.24) is 14.9 Å².